The van der Waals surface area contributed by atoms with Crippen molar-refractivity contribution in [2.45, 2.75) is 27.2 Å². The Kier molecular flexibility index (Phi) is 3.57. The number of nitrogens with zero attached hydrogens (tertiary/aromatic N) is 1. The number of carbonyl (C=O) groups is 1. The van der Waals surface area contributed by atoms with Crippen molar-refractivity contribution in [1.82, 2.24) is 0 Å². The Morgan fingerprint density at radius 2 is 2.14 bits per heavy atom. The standard InChI is InChI=1S/C12H15NO/c1-4-5-6-7-11-8-12(10(3)14)13-9(11)2/h4-7H,8H2,1-3H3/b5-4-,7-6-. The Morgan fingerprint density at radius 1 is 1.43 bits per heavy atom. The third kappa shape index (κ3) is 2.52. The van der Waals surface area contributed by atoms with E-state index in [9.17, 15) is 4.79 Å². The number of Topliss-reactive ketones (excluding diaryl/α,β-unsaturated/α-hetero) is 1. The van der Waals surface area contributed by atoms with Crippen LogP contribution in [0.15, 0.2) is 40.6 Å². The van der Waals surface area contributed by atoms with Gasteiger partial charge in [-0.1, -0.05) is 24.3 Å². The van der Waals surface area contributed by atoms with Gasteiger partial charge in [-0.15, -0.1) is 0 Å². The van der Waals surface area contributed by atoms with E-state index in [-0.39, 0.29) is 5.78 Å². The van der Waals surface area contributed by atoms with Crippen LogP contribution in [-0.2, 0) is 4.79 Å². The second-order valence-corrected chi connectivity index (χ2v) is 3.29. The molecule has 74 valence electrons. The molecule has 1 heterocycles. The fourth-order valence-corrected chi connectivity index (χ4v) is 1.29. The largest absolute Gasteiger partial charge is 0.293 e. The summed E-state index contributed by atoms with van der Waals surface area (Å²) < 4.78 is 0. The van der Waals surface area contributed by atoms with Crippen molar-refractivity contribution in [1.29, 1.82) is 0 Å². The highest BCUT2D eigenvalue weighted by Crippen LogP contribution is 2.20. The highest BCUT2D eigenvalue weighted by Gasteiger charge is 2.15. The number of aliphatic imine (C=N–C) groups is 1. The van der Waals surface area contributed by atoms with E-state index in [2.05, 4.69) is 4.99 Å². The van der Waals surface area contributed by atoms with E-state index in [0.29, 0.717) is 12.1 Å². The molecule has 0 aromatic rings. The summed E-state index contributed by atoms with van der Waals surface area (Å²) >= 11 is 0. The molecule has 0 radical (unpaired) electrons. The van der Waals surface area contributed by atoms with E-state index in [0.717, 1.165) is 11.3 Å². The average Bonchev–Trinajstić information content (AvgIpc) is 2.49. The van der Waals surface area contributed by atoms with Crippen molar-refractivity contribution in [2.75, 3.05) is 0 Å². The van der Waals surface area contributed by atoms with E-state index in [1.165, 1.54) is 0 Å². The van der Waals surface area contributed by atoms with Crippen LogP contribution < -0.4 is 0 Å². The molecule has 0 N–H and O–H groups in total. The summed E-state index contributed by atoms with van der Waals surface area (Å²) in [6, 6.07) is 0. The maximum atomic E-state index is 11.1. The SMILES string of the molecule is C/C=C\C=C/C1=C(C)N=C(C(C)=O)C1. The van der Waals surface area contributed by atoms with Gasteiger partial charge >= 0.3 is 0 Å². The number of allylic oxidation sites excluding steroid dienone is 6. The zero-order valence-electron chi connectivity index (χ0n) is 8.87. The van der Waals surface area contributed by atoms with Crippen molar-refractivity contribution in [3.05, 3.63) is 35.6 Å². The van der Waals surface area contributed by atoms with Gasteiger partial charge in [0.15, 0.2) is 5.78 Å². The van der Waals surface area contributed by atoms with E-state index in [1.807, 2.05) is 38.2 Å². The summed E-state index contributed by atoms with van der Waals surface area (Å²) in [6.07, 6.45) is 8.58. The van der Waals surface area contributed by atoms with Crippen molar-refractivity contribution >= 4 is 11.5 Å². The molecule has 0 aromatic carbocycles. The maximum absolute atomic E-state index is 11.1. The van der Waals surface area contributed by atoms with Gasteiger partial charge in [-0.3, -0.25) is 9.79 Å². The van der Waals surface area contributed by atoms with Gasteiger partial charge in [0.1, 0.15) is 0 Å². The third-order valence-electron chi connectivity index (χ3n) is 2.13. The van der Waals surface area contributed by atoms with Crippen LogP contribution in [0.2, 0.25) is 0 Å². The fraction of sp³-hybridized carbons (Fsp3) is 0.333. The molecule has 0 aromatic heterocycles. The molecule has 1 aliphatic heterocycles. The van der Waals surface area contributed by atoms with Gasteiger partial charge in [0.25, 0.3) is 0 Å². The summed E-state index contributed by atoms with van der Waals surface area (Å²) in [5.41, 5.74) is 2.76. The first kappa shape index (κ1) is 10.6. The highest BCUT2D eigenvalue weighted by atomic mass is 16.1. The smallest absolute Gasteiger partial charge is 0.174 e. The van der Waals surface area contributed by atoms with E-state index in [4.69, 9.17) is 0 Å². The Morgan fingerprint density at radius 3 is 2.64 bits per heavy atom. The zero-order chi connectivity index (χ0) is 10.6. The van der Waals surface area contributed by atoms with Crippen LogP contribution in [-0.4, -0.2) is 11.5 Å². The Balaban J connectivity index is 2.70. The molecule has 0 saturated heterocycles. The van der Waals surface area contributed by atoms with E-state index < -0.39 is 0 Å². The molecule has 0 amide bonds. The number of ketones is 1. The molecular weight excluding hydrogens is 174 g/mol. The first-order valence-corrected chi connectivity index (χ1v) is 4.72. The van der Waals surface area contributed by atoms with Gasteiger partial charge in [0, 0.05) is 19.0 Å². The molecule has 2 heteroatoms. The van der Waals surface area contributed by atoms with Crippen LogP contribution in [0.25, 0.3) is 0 Å². The minimum Gasteiger partial charge on any atom is -0.293 e. The van der Waals surface area contributed by atoms with Crippen LogP contribution in [0, 0.1) is 0 Å². The first-order chi connectivity index (χ1) is 6.65. The third-order valence-corrected chi connectivity index (χ3v) is 2.13. The van der Waals surface area contributed by atoms with Crippen LogP contribution in [0.4, 0.5) is 0 Å². The summed E-state index contributed by atoms with van der Waals surface area (Å²) in [4.78, 5) is 15.3. The maximum Gasteiger partial charge on any atom is 0.174 e. The van der Waals surface area contributed by atoms with Crippen molar-refractivity contribution in [2.24, 2.45) is 4.99 Å². The van der Waals surface area contributed by atoms with Gasteiger partial charge in [-0.2, -0.15) is 0 Å². The van der Waals surface area contributed by atoms with E-state index >= 15 is 0 Å². The zero-order valence-corrected chi connectivity index (χ0v) is 8.87. The van der Waals surface area contributed by atoms with E-state index in [1.54, 1.807) is 6.92 Å². The minimum atomic E-state index is 0.0683. The van der Waals surface area contributed by atoms with Crippen molar-refractivity contribution in [3.63, 3.8) is 0 Å². The highest BCUT2D eigenvalue weighted by molar-refractivity contribution is 6.40. The molecule has 0 spiro atoms. The predicted octanol–water partition coefficient (Wildman–Crippen LogP) is 2.83. The van der Waals surface area contributed by atoms with Crippen LogP contribution in [0.3, 0.4) is 0 Å². The molecule has 1 aliphatic rings. The number of hydrogen-bond acceptors (Lipinski definition) is 2. The first-order valence-electron chi connectivity index (χ1n) is 4.72. The molecule has 0 fully saturated rings. The fourth-order valence-electron chi connectivity index (χ4n) is 1.29. The molecule has 1 rings (SSSR count). The second-order valence-electron chi connectivity index (χ2n) is 3.29. The Labute approximate surface area is 84.7 Å². The van der Waals surface area contributed by atoms with Crippen LogP contribution >= 0.6 is 0 Å². The Bertz CT molecular complexity index is 357. The van der Waals surface area contributed by atoms with Crippen molar-refractivity contribution < 1.29 is 4.79 Å². The molecule has 0 unspecified atom stereocenters. The summed E-state index contributed by atoms with van der Waals surface area (Å²) in [5, 5.41) is 0. The number of carbonyl (C=O) groups excluding carboxylic acids is 1. The molecule has 0 bridgehead atoms. The predicted molar refractivity (Wildman–Crippen MR) is 59.4 cm³/mol. The summed E-state index contributed by atoms with van der Waals surface area (Å²) in [5.74, 6) is 0.0683. The van der Waals surface area contributed by atoms with Gasteiger partial charge in [-0.25, -0.2) is 0 Å². The molecule has 0 saturated carbocycles. The van der Waals surface area contributed by atoms with Crippen molar-refractivity contribution in [3.8, 4) is 0 Å². The lowest BCUT2D eigenvalue weighted by Gasteiger charge is -1.93. The lowest BCUT2D eigenvalue weighted by atomic mass is 10.1. The Hall–Kier alpha value is -1.44. The molecule has 0 atom stereocenters. The quantitative estimate of drug-likeness (QED) is 0.628. The summed E-state index contributed by atoms with van der Waals surface area (Å²) in [7, 11) is 0. The lowest BCUT2D eigenvalue weighted by molar-refractivity contribution is -0.111. The second kappa shape index (κ2) is 4.70. The molecule has 14 heavy (non-hydrogen) atoms. The molecular formula is C12H15NO. The van der Waals surface area contributed by atoms with Crippen LogP contribution in [0.1, 0.15) is 27.2 Å². The molecule has 2 nitrogen and oxygen atoms in total. The summed E-state index contributed by atoms with van der Waals surface area (Å²) in [6.45, 7) is 5.47. The number of rotatable bonds is 3. The van der Waals surface area contributed by atoms with Gasteiger partial charge in [-0.05, 0) is 19.4 Å². The lowest BCUT2D eigenvalue weighted by Crippen LogP contribution is -2.06. The minimum absolute atomic E-state index is 0.0683. The number of hydrogen-bond donors (Lipinski definition) is 0. The monoisotopic (exact) mass is 189 g/mol. The molecule has 0 aliphatic carbocycles. The topological polar surface area (TPSA) is 29.4 Å². The van der Waals surface area contributed by atoms with Crippen LogP contribution in [0.5, 0.6) is 0 Å². The normalized spacial score (nSPS) is 17.2. The average molecular weight is 189 g/mol. The van der Waals surface area contributed by atoms with Gasteiger partial charge < -0.3 is 0 Å². The van der Waals surface area contributed by atoms with Gasteiger partial charge in [0.2, 0.25) is 0 Å². The van der Waals surface area contributed by atoms with Gasteiger partial charge in [0.05, 0.1) is 5.71 Å².